The molecule has 0 rings (SSSR count). The highest BCUT2D eigenvalue weighted by Crippen LogP contribution is 2.00. The number of rotatable bonds is 7. The molecule has 0 aromatic carbocycles. The van der Waals surface area contributed by atoms with Crippen molar-refractivity contribution in [2.45, 2.75) is 45.2 Å². The highest BCUT2D eigenvalue weighted by atomic mass is 16.1. The zero-order valence-corrected chi connectivity index (χ0v) is 8.55. The van der Waals surface area contributed by atoms with E-state index in [1.54, 1.807) is 0 Å². The summed E-state index contributed by atoms with van der Waals surface area (Å²) in [6.07, 6.45) is 2.68. The van der Waals surface area contributed by atoms with Crippen molar-refractivity contribution < 1.29 is 4.79 Å². The van der Waals surface area contributed by atoms with Crippen molar-refractivity contribution in [1.82, 2.24) is 5.32 Å². The summed E-state index contributed by atoms with van der Waals surface area (Å²) in [5.74, 6) is -0.272. The lowest BCUT2D eigenvalue weighted by atomic mass is 10.1. The van der Waals surface area contributed by atoms with Crippen LogP contribution in [0.2, 0.25) is 0 Å². The topological polar surface area (TPSA) is 81.1 Å². The molecular formula is C9H21N3O. The molecule has 0 aromatic rings. The number of nitrogens with two attached hydrogens (primary N) is 2. The fourth-order valence-electron chi connectivity index (χ4n) is 1.20. The second-order valence-electron chi connectivity index (χ2n) is 3.56. The van der Waals surface area contributed by atoms with Gasteiger partial charge in [-0.05, 0) is 19.4 Å². The fourth-order valence-corrected chi connectivity index (χ4v) is 1.20. The number of hydrogen-bond donors (Lipinski definition) is 3. The summed E-state index contributed by atoms with van der Waals surface area (Å²) in [7, 11) is 0. The van der Waals surface area contributed by atoms with E-state index in [0.29, 0.717) is 6.54 Å². The molecule has 0 radical (unpaired) electrons. The molecule has 78 valence electrons. The standard InChI is InChI=1S/C9H21N3O/c1-7(2)12-8(9(11)13)5-3-4-6-10/h7-8,12H,3-6,10H2,1-2H3,(H2,11,13). The van der Waals surface area contributed by atoms with E-state index < -0.39 is 0 Å². The van der Waals surface area contributed by atoms with Gasteiger partial charge in [-0.25, -0.2) is 0 Å². The molecule has 5 N–H and O–H groups in total. The van der Waals surface area contributed by atoms with Gasteiger partial charge in [-0.3, -0.25) is 4.79 Å². The van der Waals surface area contributed by atoms with Crippen LogP contribution in [0, 0.1) is 0 Å². The summed E-state index contributed by atoms with van der Waals surface area (Å²) in [4.78, 5) is 11.0. The lowest BCUT2D eigenvalue weighted by molar-refractivity contribution is -0.120. The Bertz CT molecular complexity index is 148. The minimum Gasteiger partial charge on any atom is -0.368 e. The molecule has 4 nitrogen and oxygen atoms in total. The molecule has 0 bridgehead atoms. The third kappa shape index (κ3) is 6.54. The van der Waals surface area contributed by atoms with Crippen LogP contribution in [0.15, 0.2) is 0 Å². The van der Waals surface area contributed by atoms with E-state index in [4.69, 9.17) is 11.5 Å². The van der Waals surface area contributed by atoms with Crippen molar-refractivity contribution in [3.05, 3.63) is 0 Å². The predicted octanol–water partition coefficient (Wildman–Crippen LogP) is -0.0327. The summed E-state index contributed by atoms with van der Waals surface area (Å²) >= 11 is 0. The van der Waals surface area contributed by atoms with Gasteiger partial charge < -0.3 is 16.8 Å². The van der Waals surface area contributed by atoms with Gasteiger partial charge in [0.2, 0.25) is 5.91 Å². The number of nitrogens with one attached hydrogen (secondary N) is 1. The van der Waals surface area contributed by atoms with E-state index in [1.807, 2.05) is 13.8 Å². The summed E-state index contributed by atoms with van der Waals surface area (Å²) < 4.78 is 0. The van der Waals surface area contributed by atoms with Crippen molar-refractivity contribution in [3.63, 3.8) is 0 Å². The first kappa shape index (κ1) is 12.4. The van der Waals surface area contributed by atoms with Crippen LogP contribution < -0.4 is 16.8 Å². The summed E-state index contributed by atoms with van der Waals surface area (Å²) in [5, 5.41) is 3.12. The second-order valence-corrected chi connectivity index (χ2v) is 3.56. The van der Waals surface area contributed by atoms with E-state index in [0.717, 1.165) is 19.3 Å². The van der Waals surface area contributed by atoms with Gasteiger partial charge in [0.25, 0.3) is 0 Å². The van der Waals surface area contributed by atoms with E-state index in [9.17, 15) is 4.79 Å². The van der Waals surface area contributed by atoms with Crippen LogP contribution in [0.1, 0.15) is 33.1 Å². The minimum atomic E-state index is -0.272. The van der Waals surface area contributed by atoms with E-state index in [2.05, 4.69) is 5.32 Å². The predicted molar refractivity (Wildman–Crippen MR) is 54.2 cm³/mol. The first-order valence-corrected chi connectivity index (χ1v) is 4.83. The van der Waals surface area contributed by atoms with Gasteiger partial charge in [0.15, 0.2) is 0 Å². The quantitative estimate of drug-likeness (QED) is 0.489. The molecule has 0 aliphatic carbocycles. The first-order chi connectivity index (χ1) is 6.07. The number of carbonyl (C=O) groups excluding carboxylic acids is 1. The molecule has 0 heterocycles. The van der Waals surface area contributed by atoms with Crippen molar-refractivity contribution >= 4 is 5.91 Å². The molecule has 13 heavy (non-hydrogen) atoms. The molecule has 0 aliphatic heterocycles. The van der Waals surface area contributed by atoms with Crippen LogP contribution in [0.5, 0.6) is 0 Å². The first-order valence-electron chi connectivity index (χ1n) is 4.83. The van der Waals surface area contributed by atoms with Gasteiger partial charge in [-0.1, -0.05) is 20.3 Å². The second kappa shape index (κ2) is 6.86. The van der Waals surface area contributed by atoms with Crippen molar-refractivity contribution in [3.8, 4) is 0 Å². The zero-order chi connectivity index (χ0) is 10.3. The van der Waals surface area contributed by atoms with Gasteiger partial charge >= 0.3 is 0 Å². The minimum absolute atomic E-state index is 0.202. The zero-order valence-electron chi connectivity index (χ0n) is 8.55. The summed E-state index contributed by atoms with van der Waals surface area (Å²) in [5.41, 5.74) is 10.6. The molecule has 1 amide bonds. The number of amides is 1. The number of primary amides is 1. The Hall–Kier alpha value is -0.610. The van der Waals surface area contributed by atoms with Crippen LogP contribution in [-0.2, 0) is 4.79 Å². The molecule has 0 saturated heterocycles. The Morgan fingerprint density at radius 2 is 2.00 bits per heavy atom. The van der Waals surface area contributed by atoms with Gasteiger partial charge in [0.1, 0.15) is 0 Å². The number of hydrogen-bond acceptors (Lipinski definition) is 3. The normalized spacial score (nSPS) is 13.2. The van der Waals surface area contributed by atoms with Crippen LogP contribution in [-0.4, -0.2) is 24.5 Å². The maximum Gasteiger partial charge on any atom is 0.234 e. The Morgan fingerprint density at radius 3 is 2.38 bits per heavy atom. The molecule has 1 atom stereocenters. The van der Waals surface area contributed by atoms with Crippen molar-refractivity contribution in [1.29, 1.82) is 0 Å². The SMILES string of the molecule is CC(C)NC(CCCCN)C(N)=O. The Morgan fingerprint density at radius 1 is 1.38 bits per heavy atom. The molecule has 0 aliphatic rings. The average molecular weight is 187 g/mol. The Kier molecular flexibility index (Phi) is 6.54. The fraction of sp³-hybridized carbons (Fsp3) is 0.889. The lowest BCUT2D eigenvalue weighted by Gasteiger charge is -2.17. The monoisotopic (exact) mass is 187 g/mol. The maximum atomic E-state index is 11.0. The third-order valence-electron chi connectivity index (χ3n) is 1.82. The smallest absolute Gasteiger partial charge is 0.234 e. The third-order valence-corrected chi connectivity index (χ3v) is 1.82. The van der Waals surface area contributed by atoms with Crippen LogP contribution in [0.3, 0.4) is 0 Å². The molecule has 4 heteroatoms. The number of unbranched alkanes of at least 4 members (excludes halogenated alkanes) is 1. The van der Waals surface area contributed by atoms with Gasteiger partial charge in [-0.2, -0.15) is 0 Å². The van der Waals surface area contributed by atoms with Gasteiger partial charge in [-0.15, -0.1) is 0 Å². The van der Waals surface area contributed by atoms with Crippen molar-refractivity contribution in [2.75, 3.05) is 6.54 Å². The average Bonchev–Trinajstić information content (AvgIpc) is 2.02. The molecule has 1 unspecified atom stereocenters. The van der Waals surface area contributed by atoms with Gasteiger partial charge in [0, 0.05) is 6.04 Å². The van der Waals surface area contributed by atoms with Crippen LogP contribution in [0.4, 0.5) is 0 Å². The largest absolute Gasteiger partial charge is 0.368 e. The molecule has 0 fully saturated rings. The molecule has 0 aromatic heterocycles. The Labute approximate surface area is 80.0 Å². The van der Waals surface area contributed by atoms with Gasteiger partial charge in [0.05, 0.1) is 6.04 Å². The van der Waals surface area contributed by atoms with E-state index >= 15 is 0 Å². The maximum absolute atomic E-state index is 11.0. The van der Waals surface area contributed by atoms with Crippen LogP contribution >= 0.6 is 0 Å². The lowest BCUT2D eigenvalue weighted by Crippen LogP contribution is -2.44. The molecular weight excluding hydrogens is 166 g/mol. The van der Waals surface area contributed by atoms with E-state index in [-0.39, 0.29) is 18.0 Å². The molecule has 0 spiro atoms. The van der Waals surface area contributed by atoms with Crippen molar-refractivity contribution in [2.24, 2.45) is 11.5 Å². The summed E-state index contributed by atoms with van der Waals surface area (Å²) in [6.45, 7) is 4.67. The van der Waals surface area contributed by atoms with E-state index in [1.165, 1.54) is 0 Å². The molecule has 0 saturated carbocycles. The highest BCUT2D eigenvalue weighted by molar-refractivity contribution is 5.79. The summed E-state index contributed by atoms with van der Waals surface area (Å²) in [6, 6.07) is 0.0851. The highest BCUT2D eigenvalue weighted by Gasteiger charge is 2.14. The van der Waals surface area contributed by atoms with Crippen LogP contribution in [0.25, 0.3) is 0 Å². The number of carbonyl (C=O) groups is 1. The Balaban J connectivity index is 3.74.